The van der Waals surface area contributed by atoms with Gasteiger partial charge in [-0.25, -0.2) is 24.1 Å². The summed E-state index contributed by atoms with van der Waals surface area (Å²) in [6.07, 6.45) is 0.180. The number of likely N-dealkylation sites (tertiary alicyclic amines) is 1. The Kier molecular flexibility index (Phi) is 8.20. The largest absolute Gasteiger partial charge is 0.490 e. The third-order valence-corrected chi connectivity index (χ3v) is 7.82. The summed E-state index contributed by atoms with van der Waals surface area (Å²) in [5, 5.41) is 20.1. The van der Waals surface area contributed by atoms with E-state index in [0.717, 1.165) is 37.7 Å². The molecule has 0 bridgehead atoms. The van der Waals surface area contributed by atoms with Gasteiger partial charge in [-0.05, 0) is 31.2 Å². The maximum Gasteiger partial charge on any atom is 0.490 e. The number of carbonyl (C=O) groups excluding carboxylic acids is 2. The number of hydrogen-bond donors (Lipinski definition) is 2. The van der Waals surface area contributed by atoms with Crippen molar-refractivity contribution >= 4 is 34.8 Å². The number of carboxylic acids is 1. The normalized spacial score (nSPS) is 21.9. The number of carboxylic acid groups (broad SMARTS) is 1. The van der Waals surface area contributed by atoms with Crippen LogP contribution in [0.15, 0.2) is 18.6 Å². The van der Waals surface area contributed by atoms with Crippen molar-refractivity contribution in [1.82, 2.24) is 24.8 Å². The monoisotopic (exact) mass is 565 g/mol. The van der Waals surface area contributed by atoms with Crippen LogP contribution in [0.2, 0.25) is 0 Å². The molecule has 2 aromatic heterocycles. The van der Waals surface area contributed by atoms with Crippen LogP contribution in [-0.4, -0.2) is 94.1 Å². The molecule has 2 N–H and O–H groups in total. The van der Waals surface area contributed by atoms with Crippen LogP contribution in [0.5, 0.6) is 0 Å². The summed E-state index contributed by atoms with van der Waals surface area (Å²) in [4.78, 5) is 46.7. The van der Waals surface area contributed by atoms with E-state index in [1.165, 1.54) is 10.9 Å². The Balaban J connectivity index is 0.000000470. The van der Waals surface area contributed by atoms with Crippen LogP contribution < -0.4 is 10.2 Å². The molecule has 3 fully saturated rings. The van der Waals surface area contributed by atoms with Crippen molar-refractivity contribution in [2.45, 2.75) is 50.9 Å². The van der Waals surface area contributed by atoms with E-state index in [0.29, 0.717) is 35.9 Å². The fourth-order valence-electron chi connectivity index (χ4n) is 5.44. The van der Waals surface area contributed by atoms with Gasteiger partial charge in [0.15, 0.2) is 5.65 Å². The Hall–Kier alpha value is -3.93. The van der Waals surface area contributed by atoms with Crippen LogP contribution >= 0.6 is 0 Å². The SMILES string of the molecule is C[C@@H]1CCN(C(=O)CC#N)C[C@@H]1N(C)c1ncnc2c1ccn2C(=O)OC1CC2(CNC2)C1.O=C(O)C(F)(F)F. The third kappa shape index (κ3) is 5.96. The van der Waals surface area contributed by atoms with Crippen LogP contribution in [0.3, 0.4) is 0 Å². The Morgan fingerprint density at radius 2 is 1.98 bits per heavy atom. The first-order valence-electron chi connectivity index (χ1n) is 12.8. The molecule has 2 aliphatic heterocycles. The first-order valence-corrected chi connectivity index (χ1v) is 12.8. The van der Waals surface area contributed by atoms with Crippen LogP contribution in [0.1, 0.15) is 32.6 Å². The Morgan fingerprint density at radius 1 is 1.30 bits per heavy atom. The quantitative estimate of drug-likeness (QED) is 0.565. The molecule has 2 aromatic rings. The summed E-state index contributed by atoms with van der Waals surface area (Å²) in [6.45, 7) is 5.37. The number of nitriles is 1. The van der Waals surface area contributed by atoms with E-state index >= 15 is 0 Å². The van der Waals surface area contributed by atoms with Gasteiger partial charge >= 0.3 is 18.2 Å². The van der Waals surface area contributed by atoms with Gasteiger partial charge in [0.2, 0.25) is 5.91 Å². The number of anilines is 1. The van der Waals surface area contributed by atoms with E-state index in [9.17, 15) is 22.8 Å². The highest BCUT2D eigenvalue weighted by atomic mass is 19.4. The number of fused-ring (bicyclic) bond motifs is 1. The average Bonchev–Trinajstić information content (AvgIpc) is 3.29. The molecule has 1 spiro atoms. The molecular formula is C25H30F3N7O5. The number of hydrogen-bond acceptors (Lipinski definition) is 9. The van der Waals surface area contributed by atoms with Gasteiger partial charge in [-0.15, -0.1) is 0 Å². The molecule has 0 unspecified atom stereocenters. The smallest absolute Gasteiger partial charge is 0.475 e. The van der Waals surface area contributed by atoms with E-state index in [-0.39, 0.29) is 24.5 Å². The molecule has 0 radical (unpaired) electrons. The summed E-state index contributed by atoms with van der Waals surface area (Å²) in [6, 6.07) is 3.83. The highest BCUT2D eigenvalue weighted by Gasteiger charge is 2.50. The lowest BCUT2D eigenvalue weighted by Crippen LogP contribution is -2.62. The first kappa shape index (κ1) is 29.1. The molecule has 2 atom stereocenters. The van der Waals surface area contributed by atoms with E-state index in [2.05, 4.69) is 27.1 Å². The van der Waals surface area contributed by atoms with Crippen LogP contribution in [0.25, 0.3) is 11.0 Å². The number of halogens is 3. The lowest BCUT2D eigenvalue weighted by Gasteiger charge is -2.53. The highest BCUT2D eigenvalue weighted by Crippen LogP contribution is 2.45. The summed E-state index contributed by atoms with van der Waals surface area (Å²) in [5.74, 6) is -1.85. The third-order valence-electron chi connectivity index (χ3n) is 7.82. The minimum Gasteiger partial charge on any atom is -0.475 e. The maximum atomic E-state index is 12.8. The Bertz CT molecular complexity index is 1310. The van der Waals surface area contributed by atoms with Gasteiger partial charge < -0.3 is 25.0 Å². The number of aromatic nitrogens is 3. The number of rotatable bonds is 4. The molecule has 1 saturated carbocycles. The first-order chi connectivity index (χ1) is 18.8. The number of carbonyl (C=O) groups is 3. The van der Waals surface area contributed by atoms with Gasteiger partial charge in [-0.1, -0.05) is 6.92 Å². The van der Waals surface area contributed by atoms with E-state index in [4.69, 9.17) is 19.9 Å². The average molecular weight is 566 g/mol. The molecule has 0 aromatic carbocycles. The van der Waals surface area contributed by atoms with E-state index in [1.54, 1.807) is 11.1 Å². The molecule has 4 heterocycles. The number of likely N-dealkylation sites (N-methyl/N-ethyl adjacent to an activating group) is 1. The van der Waals surface area contributed by atoms with Gasteiger partial charge in [-0.2, -0.15) is 18.4 Å². The lowest BCUT2D eigenvalue weighted by molar-refractivity contribution is -0.192. The molecule has 1 aliphatic carbocycles. The van der Waals surface area contributed by atoms with Crippen molar-refractivity contribution in [3.8, 4) is 6.07 Å². The predicted molar refractivity (Wildman–Crippen MR) is 134 cm³/mol. The summed E-state index contributed by atoms with van der Waals surface area (Å²) in [7, 11) is 1.96. The predicted octanol–water partition coefficient (Wildman–Crippen LogP) is 2.39. The van der Waals surface area contributed by atoms with Gasteiger partial charge in [0.05, 0.1) is 17.5 Å². The van der Waals surface area contributed by atoms with Crippen molar-refractivity contribution in [1.29, 1.82) is 5.26 Å². The molecule has 216 valence electrons. The molecular weight excluding hydrogens is 535 g/mol. The number of nitrogens with zero attached hydrogens (tertiary/aromatic N) is 6. The highest BCUT2D eigenvalue weighted by molar-refractivity contribution is 5.93. The van der Waals surface area contributed by atoms with Crippen LogP contribution in [-0.2, 0) is 14.3 Å². The summed E-state index contributed by atoms with van der Waals surface area (Å²) in [5.41, 5.74) is 0.845. The van der Waals surface area contributed by atoms with Gasteiger partial charge in [-0.3, -0.25) is 4.79 Å². The fourth-order valence-corrected chi connectivity index (χ4v) is 5.44. The Morgan fingerprint density at radius 3 is 2.55 bits per heavy atom. The molecule has 5 rings (SSSR count). The molecule has 15 heteroatoms. The zero-order valence-electron chi connectivity index (χ0n) is 22.0. The van der Waals surface area contributed by atoms with Gasteiger partial charge in [0.25, 0.3) is 0 Å². The van der Waals surface area contributed by atoms with E-state index < -0.39 is 18.2 Å². The Labute approximate surface area is 227 Å². The number of nitrogens with one attached hydrogen (secondary N) is 1. The maximum absolute atomic E-state index is 12.8. The minimum atomic E-state index is -5.08. The van der Waals surface area contributed by atoms with Crippen LogP contribution in [0, 0.1) is 22.7 Å². The molecule has 40 heavy (non-hydrogen) atoms. The van der Waals surface area contributed by atoms with Crippen molar-refractivity contribution in [3.05, 3.63) is 18.6 Å². The van der Waals surface area contributed by atoms with Crippen molar-refractivity contribution in [2.75, 3.05) is 38.1 Å². The minimum absolute atomic E-state index is 0.0389. The van der Waals surface area contributed by atoms with Crippen molar-refractivity contribution in [3.63, 3.8) is 0 Å². The van der Waals surface area contributed by atoms with Gasteiger partial charge in [0, 0.05) is 44.8 Å². The number of aliphatic carboxylic acids is 1. The molecule has 3 aliphatic rings. The second kappa shape index (κ2) is 11.3. The summed E-state index contributed by atoms with van der Waals surface area (Å²) >= 11 is 0. The number of alkyl halides is 3. The second-order valence-electron chi connectivity index (χ2n) is 10.6. The lowest BCUT2D eigenvalue weighted by atomic mass is 9.63. The summed E-state index contributed by atoms with van der Waals surface area (Å²) < 4.78 is 38.9. The molecule has 2 saturated heterocycles. The van der Waals surface area contributed by atoms with Gasteiger partial charge in [0.1, 0.15) is 24.7 Å². The number of ether oxygens (including phenoxy) is 1. The van der Waals surface area contributed by atoms with Crippen molar-refractivity contribution < 1.29 is 37.4 Å². The molecule has 12 nitrogen and oxygen atoms in total. The van der Waals surface area contributed by atoms with Crippen molar-refractivity contribution in [2.24, 2.45) is 11.3 Å². The molecule has 1 amide bonds. The van der Waals surface area contributed by atoms with Crippen LogP contribution in [0.4, 0.5) is 23.8 Å². The second-order valence-corrected chi connectivity index (χ2v) is 10.6. The standard InChI is InChI=1S/C23H29N7O3.C2HF3O2/c1-15-4-7-29(19(31)3-6-24)11-18(15)28(2)20-17-5-8-30(21(17)27-14-26-20)22(32)33-16-9-23(10-16)12-25-13-23;3-2(4,5)1(6)7/h5,8,14-16,18,25H,3-4,7,9-13H2,1-2H3;(H,6,7)/t15-,18+;/m1./s1. The topological polar surface area (TPSA) is 154 Å². The zero-order valence-corrected chi connectivity index (χ0v) is 22.0. The number of amides is 1. The zero-order chi connectivity index (χ0) is 29.2. The fraction of sp³-hybridized carbons (Fsp3) is 0.600. The van der Waals surface area contributed by atoms with E-state index in [1.807, 2.05) is 19.2 Å². The number of piperidine rings is 1.